The van der Waals surface area contributed by atoms with Crippen LogP contribution in [0.2, 0.25) is 0 Å². The highest BCUT2D eigenvalue weighted by molar-refractivity contribution is 9.10. The largest absolute Gasteiger partial charge is 0.350 e. The van der Waals surface area contributed by atoms with Gasteiger partial charge in [0, 0.05) is 24.1 Å². The number of carbonyl (C=O) groups is 2. The summed E-state index contributed by atoms with van der Waals surface area (Å²) in [6, 6.07) is 17.2. The first-order valence-electron chi connectivity index (χ1n) is 9.14. The number of carbonyl (C=O) groups excluding carboxylic acids is 2. The lowest BCUT2D eigenvalue weighted by atomic mass is 10.1. The molecular formula is C21H24BrN3O2. The fourth-order valence-electron chi connectivity index (χ4n) is 3.27. The van der Waals surface area contributed by atoms with Crippen LogP contribution < -0.4 is 10.6 Å². The summed E-state index contributed by atoms with van der Waals surface area (Å²) >= 11 is 3.46. The number of hydrogen-bond acceptors (Lipinski definition) is 3. The first-order valence-corrected chi connectivity index (χ1v) is 9.93. The van der Waals surface area contributed by atoms with E-state index in [9.17, 15) is 9.59 Å². The first-order chi connectivity index (χ1) is 13.0. The smallest absolute Gasteiger partial charge is 0.240 e. The number of hydrogen-bond donors (Lipinski definition) is 2. The lowest BCUT2D eigenvalue weighted by Crippen LogP contribution is -2.55. The molecule has 2 atom stereocenters. The van der Waals surface area contributed by atoms with Gasteiger partial charge in [-0.1, -0.05) is 58.4 Å². The highest BCUT2D eigenvalue weighted by atomic mass is 79.9. The van der Waals surface area contributed by atoms with Crippen molar-refractivity contribution in [3.8, 4) is 0 Å². The van der Waals surface area contributed by atoms with Crippen LogP contribution in [0.25, 0.3) is 0 Å². The van der Waals surface area contributed by atoms with E-state index in [4.69, 9.17) is 0 Å². The van der Waals surface area contributed by atoms with Crippen molar-refractivity contribution in [2.75, 3.05) is 13.1 Å². The summed E-state index contributed by atoms with van der Waals surface area (Å²) in [6.07, 6.45) is 0.144. The minimum absolute atomic E-state index is 0.0243. The number of nitrogens with one attached hydrogen (secondary N) is 2. The molecule has 1 aliphatic heterocycles. The molecule has 1 aliphatic rings. The van der Waals surface area contributed by atoms with Crippen molar-refractivity contribution in [1.82, 2.24) is 15.5 Å². The van der Waals surface area contributed by atoms with E-state index in [-0.39, 0.29) is 24.3 Å². The molecule has 3 rings (SSSR count). The van der Waals surface area contributed by atoms with Crippen molar-refractivity contribution in [3.05, 3.63) is 70.2 Å². The molecule has 0 saturated carbocycles. The highest BCUT2D eigenvalue weighted by Gasteiger charge is 2.30. The second-order valence-electron chi connectivity index (χ2n) is 6.80. The van der Waals surface area contributed by atoms with Gasteiger partial charge in [0.1, 0.15) is 0 Å². The Morgan fingerprint density at radius 1 is 1.26 bits per heavy atom. The first kappa shape index (κ1) is 19.6. The van der Waals surface area contributed by atoms with Gasteiger partial charge in [0.15, 0.2) is 0 Å². The van der Waals surface area contributed by atoms with Gasteiger partial charge < -0.3 is 15.5 Å². The maximum atomic E-state index is 12.8. The minimum atomic E-state index is -0.478. The van der Waals surface area contributed by atoms with E-state index in [2.05, 4.69) is 26.6 Å². The summed E-state index contributed by atoms with van der Waals surface area (Å²) in [5, 5.41) is 6.16. The van der Waals surface area contributed by atoms with Gasteiger partial charge in [0.25, 0.3) is 0 Å². The van der Waals surface area contributed by atoms with Crippen molar-refractivity contribution in [1.29, 1.82) is 0 Å². The van der Waals surface area contributed by atoms with Crippen molar-refractivity contribution in [2.45, 2.75) is 32.0 Å². The Morgan fingerprint density at radius 2 is 2.04 bits per heavy atom. The van der Waals surface area contributed by atoms with E-state index in [0.717, 1.165) is 15.6 Å². The van der Waals surface area contributed by atoms with Crippen LogP contribution in [0, 0.1) is 0 Å². The van der Waals surface area contributed by atoms with E-state index in [0.29, 0.717) is 19.6 Å². The van der Waals surface area contributed by atoms with Gasteiger partial charge in [-0.05, 0) is 30.2 Å². The maximum absolute atomic E-state index is 12.8. The molecule has 2 aromatic carbocycles. The van der Waals surface area contributed by atoms with E-state index in [1.54, 1.807) is 0 Å². The molecule has 0 spiro atoms. The van der Waals surface area contributed by atoms with Crippen LogP contribution in [0.3, 0.4) is 0 Å². The third-order valence-corrected chi connectivity index (χ3v) is 5.20. The van der Waals surface area contributed by atoms with Crippen LogP contribution in [-0.4, -0.2) is 35.8 Å². The quantitative estimate of drug-likeness (QED) is 0.741. The molecule has 2 N–H and O–H groups in total. The molecule has 2 unspecified atom stereocenters. The van der Waals surface area contributed by atoms with Crippen LogP contribution in [-0.2, 0) is 16.1 Å². The molecule has 0 aliphatic carbocycles. The zero-order chi connectivity index (χ0) is 19.2. The molecular weight excluding hydrogens is 406 g/mol. The van der Waals surface area contributed by atoms with Crippen LogP contribution in [0.1, 0.15) is 30.5 Å². The molecule has 0 aromatic heterocycles. The maximum Gasteiger partial charge on any atom is 0.240 e. The Morgan fingerprint density at radius 3 is 2.78 bits per heavy atom. The minimum Gasteiger partial charge on any atom is -0.350 e. The Bertz CT molecular complexity index is 797. The summed E-state index contributed by atoms with van der Waals surface area (Å²) < 4.78 is 0.994. The van der Waals surface area contributed by atoms with Gasteiger partial charge in [0.05, 0.1) is 18.5 Å². The highest BCUT2D eigenvalue weighted by Crippen LogP contribution is 2.16. The molecule has 27 heavy (non-hydrogen) atoms. The SMILES string of the molecule is CC(NC(=O)CC1NCCN(Cc2cccc(Br)c2)C1=O)c1ccccc1. The molecule has 1 saturated heterocycles. The van der Waals surface area contributed by atoms with Gasteiger partial charge in [0.2, 0.25) is 11.8 Å². The number of piperazine rings is 1. The van der Waals surface area contributed by atoms with Gasteiger partial charge in [-0.25, -0.2) is 0 Å². The fraction of sp³-hybridized carbons (Fsp3) is 0.333. The summed E-state index contributed by atoms with van der Waals surface area (Å²) in [5.74, 6) is -0.148. The van der Waals surface area contributed by atoms with Gasteiger partial charge in [-0.15, -0.1) is 0 Å². The lowest BCUT2D eigenvalue weighted by molar-refractivity contribution is -0.138. The molecule has 1 fully saturated rings. The predicted octanol–water partition coefficient (Wildman–Crippen LogP) is 3.02. The lowest BCUT2D eigenvalue weighted by Gasteiger charge is -2.33. The van der Waals surface area contributed by atoms with Crippen molar-refractivity contribution < 1.29 is 9.59 Å². The Balaban J connectivity index is 1.56. The number of amides is 2. The Kier molecular flexibility index (Phi) is 6.63. The molecule has 6 heteroatoms. The van der Waals surface area contributed by atoms with Crippen molar-refractivity contribution in [3.63, 3.8) is 0 Å². The average Bonchev–Trinajstić information content (AvgIpc) is 2.66. The zero-order valence-electron chi connectivity index (χ0n) is 15.3. The standard InChI is InChI=1S/C21H24BrN3O2/c1-15(17-7-3-2-4-8-17)24-20(26)13-19-21(27)25(11-10-23-19)14-16-6-5-9-18(22)12-16/h2-9,12,15,19,23H,10-11,13-14H2,1H3,(H,24,26). The van der Waals surface area contributed by atoms with E-state index in [1.165, 1.54) is 0 Å². The number of halogens is 1. The molecule has 142 valence electrons. The fourth-order valence-corrected chi connectivity index (χ4v) is 3.72. The number of rotatable bonds is 6. The average molecular weight is 430 g/mol. The molecule has 0 radical (unpaired) electrons. The number of nitrogens with zero attached hydrogens (tertiary/aromatic N) is 1. The summed E-state index contributed by atoms with van der Waals surface area (Å²) in [7, 11) is 0. The molecule has 0 bridgehead atoms. The van der Waals surface area contributed by atoms with Crippen LogP contribution >= 0.6 is 15.9 Å². The van der Waals surface area contributed by atoms with Crippen molar-refractivity contribution in [2.24, 2.45) is 0 Å². The third kappa shape index (κ3) is 5.40. The van der Waals surface area contributed by atoms with Crippen molar-refractivity contribution >= 4 is 27.7 Å². The topological polar surface area (TPSA) is 61.4 Å². The number of benzene rings is 2. The Hall–Kier alpha value is -2.18. The second kappa shape index (κ2) is 9.15. The van der Waals surface area contributed by atoms with E-state index >= 15 is 0 Å². The Labute approximate surface area is 168 Å². The normalized spacial score (nSPS) is 18.2. The van der Waals surface area contributed by atoms with Crippen LogP contribution in [0.5, 0.6) is 0 Å². The van der Waals surface area contributed by atoms with Crippen LogP contribution in [0.4, 0.5) is 0 Å². The monoisotopic (exact) mass is 429 g/mol. The summed E-state index contributed by atoms with van der Waals surface area (Å²) in [5.41, 5.74) is 2.12. The molecule has 2 amide bonds. The van der Waals surface area contributed by atoms with E-state index < -0.39 is 6.04 Å². The predicted molar refractivity (Wildman–Crippen MR) is 109 cm³/mol. The summed E-state index contributed by atoms with van der Waals surface area (Å²) in [4.78, 5) is 27.0. The molecule has 5 nitrogen and oxygen atoms in total. The van der Waals surface area contributed by atoms with Gasteiger partial charge in [-0.3, -0.25) is 9.59 Å². The molecule has 1 heterocycles. The zero-order valence-corrected chi connectivity index (χ0v) is 16.9. The van der Waals surface area contributed by atoms with Crippen LogP contribution in [0.15, 0.2) is 59.1 Å². The second-order valence-corrected chi connectivity index (χ2v) is 7.72. The van der Waals surface area contributed by atoms with E-state index in [1.807, 2.05) is 66.4 Å². The van der Waals surface area contributed by atoms with Gasteiger partial charge in [-0.2, -0.15) is 0 Å². The summed E-state index contributed by atoms with van der Waals surface area (Å²) in [6.45, 7) is 3.83. The third-order valence-electron chi connectivity index (χ3n) is 4.71. The molecule has 2 aromatic rings. The van der Waals surface area contributed by atoms with Gasteiger partial charge >= 0.3 is 0 Å².